The Morgan fingerprint density at radius 3 is 1.76 bits per heavy atom. The standard InChI is InChI=1S/2C6H2ClF3IN.CH4/c7-5-1-4(11)3(2-12-5)6(8,9)10;7-5-4(11)1-3(2-12-5)6(8,9)10;/h2*1-2H;1H4. The lowest BCUT2D eigenvalue weighted by Crippen LogP contribution is -2.07. The van der Waals surface area contributed by atoms with Crippen LogP contribution in [0.4, 0.5) is 26.3 Å². The summed E-state index contributed by atoms with van der Waals surface area (Å²) in [5, 5.41) is 0.149. The van der Waals surface area contributed by atoms with Gasteiger partial charge in [-0.3, -0.25) is 0 Å². The van der Waals surface area contributed by atoms with E-state index in [1.807, 2.05) is 0 Å². The van der Waals surface area contributed by atoms with Crippen molar-refractivity contribution in [2.75, 3.05) is 0 Å². The fraction of sp³-hybridized carbons (Fsp3) is 0.231. The molecule has 0 saturated carbocycles. The molecule has 0 unspecified atom stereocenters. The van der Waals surface area contributed by atoms with Crippen LogP contribution in [-0.2, 0) is 12.4 Å². The Morgan fingerprint density at radius 2 is 1.36 bits per heavy atom. The Bertz CT molecular complexity index is 723. The smallest absolute Gasteiger partial charge is 0.244 e. The summed E-state index contributed by atoms with van der Waals surface area (Å²) in [6.07, 6.45) is -7.26. The van der Waals surface area contributed by atoms with Crippen LogP contribution in [0.2, 0.25) is 10.3 Å². The van der Waals surface area contributed by atoms with Gasteiger partial charge in [-0.1, -0.05) is 30.6 Å². The molecule has 25 heavy (non-hydrogen) atoms. The molecule has 0 saturated heterocycles. The maximum atomic E-state index is 12.1. The van der Waals surface area contributed by atoms with Gasteiger partial charge in [0.2, 0.25) is 0 Å². The van der Waals surface area contributed by atoms with Crippen LogP contribution in [0.3, 0.4) is 0 Å². The van der Waals surface area contributed by atoms with Crippen molar-refractivity contribution in [3.63, 3.8) is 0 Å². The highest BCUT2D eigenvalue weighted by Crippen LogP contribution is 2.33. The van der Waals surface area contributed by atoms with Crippen molar-refractivity contribution in [3.8, 4) is 0 Å². The monoisotopic (exact) mass is 630 g/mol. The predicted molar refractivity (Wildman–Crippen MR) is 101 cm³/mol. The van der Waals surface area contributed by atoms with Crippen LogP contribution in [-0.4, -0.2) is 9.97 Å². The fourth-order valence-corrected chi connectivity index (χ4v) is 2.85. The molecule has 0 fully saturated rings. The van der Waals surface area contributed by atoms with E-state index in [1.54, 1.807) is 45.2 Å². The second-order valence-corrected chi connectivity index (χ2v) is 7.05. The van der Waals surface area contributed by atoms with Gasteiger partial charge in [0, 0.05) is 16.0 Å². The molecule has 2 aromatic heterocycles. The van der Waals surface area contributed by atoms with Crippen molar-refractivity contribution < 1.29 is 26.3 Å². The summed E-state index contributed by atoms with van der Waals surface area (Å²) in [7, 11) is 0. The van der Waals surface area contributed by atoms with Crippen molar-refractivity contribution >= 4 is 68.4 Å². The molecule has 0 aromatic carbocycles. The van der Waals surface area contributed by atoms with E-state index in [0.717, 1.165) is 12.3 Å². The molecule has 0 aliphatic carbocycles. The summed E-state index contributed by atoms with van der Waals surface area (Å²) >= 11 is 14.1. The number of hydrogen-bond donors (Lipinski definition) is 0. The van der Waals surface area contributed by atoms with Gasteiger partial charge in [0.25, 0.3) is 0 Å². The van der Waals surface area contributed by atoms with Crippen LogP contribution in [0.25, 0.3) is 0 Å². The first-order chi connectivity index (χ1) is 10.8. The maximum Gasteiger partial charge on any atom is 0.418 e. The highest BCUT2D eigenvalue weighted by atomic mass is 127. The van der Waals surface area contributed by atoms with Gasteiger partial charge >= 0.3 is 12.4 Å². The van der Waals surface area contributed by atoms with E-state index in [9.17, 15) is 26.3 Å². The summed E-state index contributed by atoms with van der Waals surface area (Å²) < 4.78 is 72.7. The minimum absolute atomic E-state index is 0. The van der Waals surface area contributed by atoms with Gasteiger partial charge in [-0.25, -0.2) is 9.97 Å². The Morgan fingerprint density at radius 1 is 0.800 bits per heavy atom. The Labute approximate surface area is 176 Å². The molecule has 0 aliphatic rings. The molecular formula is C13H8Cl2F6I2N2. The van der Waals surface area contributed by atoms with Gasteiger partial charge in [-0.05, 0) is 57.3 Å². The molecule has 140 valence electrons. The Balaban J connectivity index is 0.000000443. The van der Waals surface area contributed by atoms with Crippen molar-refractivity contribution in [1.29, 1.82) is 0 Å². The first kappa shape index (κ1) is 24.9. The molecule has 0 amide bonds. The number of nitrogens with zero attached hydrogens (tertiary/aromatic N) is 2. The number of alkyl halides is 6. The van der Waals surface area contributed by atoms with Gasteiger partial charge in [0.05, 0.1) is 14.7 Å². The van der Waals surface area contributed by atoms with Crippen molar-refractivity contribution in [1.82, 2.24) is 9.97 Å². The summed E-state index contributed by atoms with van der Waals surface area (Å²) in [5.41, 5.74) is -1.54. The first-order valence-electron chi connectivity index (χ1n) is 5.59. The molecule has 0 atom stereocenters. The molecule has 0 N–H and O–H groups in total. The van der Waals surface area contributed by atoms with E-state index in [4.69, 9.17) is 23.2 Å². The van der Waals surface area contributed by atoms with Crippen LogP contribution in [0.15, 0.2) is 24.5 Å². The van der Waals surface area contributed by atoms with E-state index in [-0.39, 0.29) is 21.3 Å². The van der Waals surface area contributed by atoms with Crippen LogP contribution >= 0.6 is 68.4 Å². The van der Waals surface area contributed by atoms with Crippen molar-refractivity contribution in [2.45, 2.75) is 19.8 Å². The van der Waals surface area contributed by atoms with Crippen LogP contribution in [0.1, 0.15) is 18.6 Å². The summed E-state index contributed by atoms with van der Waals surface area (Å²) in [6, 6.07) is 2.13. The largest absolute Gasteiger partial charge is 0.418 e. The zero-order valence-electron chi connectivity index (χ0n) is 11.0. The Kier molecular flexibility index (Phi) is 9.71. The summed E-state index contributed by atoms with van der Waals surface area (Å²) in [5.74, 6) is 0. The highest BCUT2D eigenvalue weighted by Gasteiger charge is 2.33. The second-order valence-electron chi connectivity index (χ2n) is 3.98. The molecule has 0 bridgehead atoms. The lowest BCUT2D eigenvalue weighted by atomic mass is 10.3. The van der Waals surface area contributed by atoms with E-state index < -0.39 is 23.5 Å². The summed E-state index contributed by atoms with van der Waals surface area (Å²) in [6.45, 7) is 0. The lowest BCUT2D eigenvalue weighted by molar-refractivity contribution is -0.139. The fourth-order valence-electron chi connectivity index (χ4n) is 1.19. The molecule has 0 radical (unpaired) electrons. The molecule has 2 heterocycles. The zero-order chi connectivity index (χ0) is 18.7. The molecule has 12 heteroatoms. The minimum atomic E-state index is -4.35. The summed E-state index contributed by atoms with van der Waals surface area (Å²) in [4.78, 5) is 6.73. The van der Waals surface area contributed by atoms with E-state index in [0.29, 0.717) is 9.77 Å². The quantitative estimate of drug-likeness (QED) is 0.173. The zero-order valence-corrected chi connectivity index (χ0v) is 16.8. The molecule has 2 rings (SSSR count). The maximum absolute atomic E-state index is 12.1. The highest BCUT2D eigenvalue weighted by molar-refractivity contribution is 14.1. The van der Waals surface area contributed by atoms with E-state index in [2.05, 4.69) is 9.97 Å². The number of halogens is 10. The van der Waals surface area contributed by atoms with Crippen LogP contribution < -0.4 is 0 Å². The van der Waals surface area contributed by atoms with E-state index >= 15 is 0 Å². The molecular weight excluding hydrogens is 623 g/mol. The third-order valence-electron chi connectivity index (χ3n) is 2.25. The van der Waals surface area contributed by atoms with Crippen LogP contribution in [0, 0.1) is 7.14 Å². The van der Waals surface area contributed by atoms with Gasteiger partial charge < -0.3 is 0 Å². The Hall–Kier alpha value is -0.0800. The first-order valence-corrected chi connectivity index (χ1v) is 8.50. The average molecular weight is 631 g/mol. The predicted octanol–water partition coefficient (Wildman–Crippen LogP) is 7.35. The van der Waals surface area contributed by atoms with Crippen molar-refractivity contribution in [2.24, 2.45) is 0 Å². The third kappa shape index (κ3) is 7.99. The van der Waals surface area contributed by atoms with Gasteiger partial charge in [-0.15, -0.1) is 0 Å². The van der Waals surface area contributed by atoms with Gasteiger partial charge in [-0.2, -0.15) is 26.3 Å². The number of rotatable bonds is 0. The molecule has 0 spiro atoms. The van der Waals surface area contributed by atoms with E-state index in [1.165, 1.54) is 6.07 Å². The molecule has 2 nitrogen and oxygen atoms in total. The SMILES string of the molecule is C.FC(F)(F)c1cnc(Cl)c(I)c1.FC(F)(F)c1cnc(Cl)cc1I. The van der Waals surface area contributed by atoms with Gasteiger partial charge in [0.15, 0.2) is 0 Å². The van der Waals surface area contributed by atoms with Crippen LogP contribution in [0.5, 0.6) is 0 Å². The lowest BCUT2D eigenvalue weighted by Gasteiger charge is -2.07. The number of aromatic nitrogens is 2. The molecule has 2 aromatic rings. The normalized spacial score (nSPS) is 11.3. The average Bonchev–Trinajstić information content (AvgIpc) is 2.39. The van der Waals surface area contributed by atoms with Gasteiger partial charge in [0.1, 0.15) is 10.3 Å². The third-order valence-corrected chi connectivity index (χ3v) is 4.79. The second kappa shape index (κ2) is 9.74. The van der Waals surface area contributed by atoms with Crippen molar-refractivity contribution in [3.05, 3.63) is 53.1 Å². The molecule has 0 aliphatic heterocycles. The number of pyridine rings is 2. The minimum Gasteiger partial charge on any atom is -0.244 e. The number of hydrogen-bond acceptors (Lipinski definition) is 2. The topological polar surface area (TPSA) is 25.8 Å².